The van der Waals surface area contributed by atoms with Crippen LogP contribution in [-0.2, 0) is 65.4 Å². The van der Waals surface area contributed by atoms with Crippen LogP contribution < -0.4 is 0 Å². The van der Waals surface area contributed by atoms with Crippen molar-refractivity contribution >= 4 is 39.5 Å². The number of hydrogen-bond acceptors (Lipinski definition) is 15. The first-order chi connectivity index (χ1) is 49.7. The summed E-state index contributed by atoms with van der Waals surface area (Å²) in [5.74, 6) is -2.11. The van der Waals surface area contributed by atoms with Gasteiger partial charge in [-0.05, 0) is 25.7 Å². The molecule has 17 nitrogen and oxygen atoms in total. The number of carbonyl (C=O) groups is 4. The van der Waals surface area contributed by atoms with Crippen molar-refractivity contribution in [2.24, 2.45) is 0 Å². The molecular formula is C83H162O17P2. The number of esters is 4. The Kier molecular flexibility index (Phi) is 75.8. The molecule has 0 rings (SSSR count). The van der Waals surface area contributed by atoms with E-state index in [-0.39, 0.29) is 25.7 Å². The van der Waals surface area contributed by atoms with Gasteiger partial charge in [0.15, 0.2) is 12.2 Å². The molecule has 102 heavy (non-hydrogen) atoms. The molecule has 0 saturated heterocycles. The van der Waals surface area contributed by atoms with E-state index in [0.717, 1.165) is 103 Å². The van der Waals surface area contributed by atoms with Crippen LogP contribution in [0.25, 0.3) is 0 Å². The van der Waals surface area contributed by atoms with Crippen molar-refractivity contribution in [2.45, 2.75) is 470 Å². The number of carbonyl (C=O) groups excluding carboxylic acids is 4. The number of rotatable bonds is 84. The van der Waals surface area contributed by atoms with Crippen molar-refractivity contribution in [1.29, 1.82) is 0 Å². The quantitative estimate of drug-likeness (QED) is 0.0222. The minimum Gasteiger partial charge on any atom is -0.462 e. The topological polar surface area (TPSA) is 237 Å². The summed E-state index contributed by atoms with van der Waals surface area (Å²) < 4.78 is 68.7. The molecule has 5 atom stereocenters. The van der Waals surface area contributed by atoms with E-state index in [2.05, 4.69) is 27.7 Å². The normalized spacial score (nSPS) is 13.8. The third-order valence-corrected chi connectivity index (χ3v) is 21.5. The SMILES string of the molecule is CCCCCCCCCCCCCCCCCCCCCCCC(=O)O[C@H](COC(=O)CCCCCCCCCCCCCCCCCCCCC)COP(=O)(O)OC[C@@H](O)COP(=O)(O)OC[C@@H](COC(=O)CCCCCCCCC)OC(=O)CCCCCCCCCCCCCCCCC. The predicted molar refractivity (Wildman–Crippen MR) is 419 cm³/mol. The van der Waals surface area contributed by atoms with Crippen LogP contribution in [-0.4, -0.2) is 96.7 Å². The number of aliphatic hydroxyl groups is 1. The van der Waals surface area contributed by atoms with Gasteiger partial charge in [-0.1, -0.05) is 400 Å². The van der Waals surface area contributed by atoms with Crippen molar-refractivity contribution in [1.82, 2.24) is 0 Å². The van der Waals surface area contributed by atoms with Crippen LogP contribution in [0.15, 0.2) is 0 Å². The van der Waals surface area contributed by atoms with E-state index < -0.39 is 97.5 Å². The highest BCUT2D eigenvalue weighted by atomic mass is 31.2. The summed E-state index contributed by atoms with van der Waals surface area (Å²) in [6.07, 6.45) is 71.1. The highest BCUT2D eigenvalue weighted by Crippen LogP contribution is 2.45. The Morgan fingerprint density at radius 2 is 0.392 bits per heavy atom. The molecule has 0 radical (unpaired) electrons. The fourth-order valence-electron chi connectivity index (χ4n) is 13.0. The Bertz CT molecular complexity index is 1930. The highest BCUT2D eigenvalue weighted by molar-refractivity contribution is 7.47. The van der Waals surface area contributed by atoms with Gasteiger partial charge in [0.2, 0.25) is 0 Å². The zero-order valence-corrected chi connectivity index (χ0v) is 68.4. The highest BCUT2D eigenvalue weighted by Gasteiger charge is 2.30. The Hall–Kier alpha value is -1.94. The molecule has 0 bridgehead atoms. The first-order valence-electron chi connectivity index (χ1n) is 43.3. The lowest BCUT2D eigenvalue weighted by Gasteiger charge is -2.21. The minimum absolute atomic E-state index is 0.108. The van der Waals surface area contributed by atoms with E-state index in [0.29, 0.717) is 25.7 Å². The van der Waals surface area contributed by atoms with Gasteiger partial charge in [0.05, 0.1) is 26.4 Å². The van der Waals surface area contributed by atoms with Gasteiger partial charge in [0, 0.05) is 25.7 Å². The van der Waals surface area contributed by atoms with Crippen molar-refractivity contribution in [3.8, 4) is 0 Å². The molecule has 0 aromatic carbocycles. The minimum atomic E-state index is -4.96. The van der Waals surface area contributed by atoms with Gasteiger partial charge >= 0.3 is 39.5 Å². The summed E-state index contributed by atoms with van der Waals surface area (Å²) in [5.41, 5.74) is 0. The summed E-state index contributed by atoms with van der Waals surface area (Å²) in [7, 11) is -9.91. The fraction of sp³-hybridized carbons (Fsp3) is 0.952. The number of unbranched alkanes of at least 4 members (excludes halogenated alkanes) is 58. The van der Waals surface area contributed by atoms with E-state index >= 15 is 0 Å². The van der Waals surface area contributed by atoms with Crippen molar-refractivity contribution in [3.05, 3.63) is 0 Å². The second-order valence-corrected chi connectivity index (χ2v) is 32.8. The summed E-state index contributed by atoms with van der Waals surface area (Å²) >= 11 is 0. The van der Waals surface area contributed by atoms with Crippen LogP contribution in [0, 0.1) is 0 Å². The first-order valence-corrected chi connectivity index (χ1v) is 46.3. The predicted octanol–water partition coefficient (Wildman–Crippen LogP) is 25.4. The smallest absolute Gasteiger partial charge is 0.462 e. The molecule has 0 amide bonds. The number of hydrogen-bond donors (Lipinski definition) is 3. The van der Waals surface area contributed by atoms with Crippen LogP contribution >= 0.6 is 15.6 Å². The maximum Gasteiger partial charge on any atom is 0.472 e. The average Bonchev–Trinajstić information content (AvgIpc) is 0.931. The molecule has 3 N–H and O–H groups in total. The average molecular weight is 1490 g/mol. The van der Waals surface area contributed by atoms with Gasteiger partial charge in [-0.15, -0.1) is 0 Å². The van der Waals surface area contributed by atoms with Crippen molar-refractivity contribution in [3.63, 3.8) is 0 Å². The van der Waals surface area contributed by atoms with Crippen LogP contribution in [0.2, 0.25) is 0 Å². The summed E-state index contributed by atoms with van der Waals surface area (Å²) in [6.45, 7) is 5.00. The van der Waals surface area contributed by atoms with Gasteiger partial charge in [0.25, 0.3) is 0 Å². The first kappa shape index (κ1) is 100. The van der Waals surface area contributed by atoms with E-state index in [1.54, 1.807) is 0 Å². The Morgan fingerprint density at radius 3 is 0.578 bits per heavy atom. The zero-order valence-electron chi connectivity index (χ0n) is 66.6. The van der Waals surface area contributed by atoms with Crippen LogP contribution in [0.4, 0.5) is 0 Å². The molecule has 0 aliphatic carbocycles. The zero-order chi connectivity index (χ0) is 74.6. The van der Waals surface area contributed by atoms with E-state index in [4.69, 9.17) is 37.0 Å². The summed E-state index contributed by atoms with van der Waals surface area (Å²) in [4.78, 5) is 72.9. The van der Waals surface area contributed by atoms with E-state index in [9.17, 15) is 43.2 Å². The van der Waals surface area contributed by atoms with Gasteiger partial charge in [0.1, 0.15) is 19.3 Å². The molecule has 0 aliphatic rings. The maximum absolute atomic E-state index is 13.1. The van der Waals surface area contributed by atoms with Crippen LogP contribution in [0.1, 0.15) is 451 Å². The lowest BCUT2D eigenvalue weighted by molar-refractivity contribution is -0.161. The Balaban J connectivity index is 5.16. The second kappa shape index (κ2) is 77.2. The fourth-order valence-corrected chi connectivity index (χ4v) is 14.6. The lowest BCUT2D eigenvalue weighted by atomic mass is 10.0. The molecule has 606 valence electrons. The van der Waals surface area contributed by atoms with Crippen molar-refractivity contribution < 1.29 is 80.2 Å². The number of phosphoric acid groups is 2. The molecule has 0 saturated carbocycles. The Morgan fingerprint density at radius 1 is 0.235 bits per heavy atom. The molecule has 0 aliphatic heterocycles. The molecule has 0 fully saturated rings. The molecule has 0 spiro atoms. The van der Waals surface area contributed by atoms with E-state index in [1.807, 2.05) is 0 Å². The molecule has 19 heteroatoms. The molecule has 0 aromatic rings. The molecule has 2 unspecified atom stereocenters. The largest absolute Gasteiger partial charge is 0.472 e. The molecule has 0 heterocycles. The van der Waals surface area contributed by atoms with Gasteiger partial charge in [-0.3, -0.25) is 37.3 Å². The lowest BCUT2D eigenvalue weighted by Crippen LogP contribution is -2.30. The van der Waals surface area contributed by atoms with Crippen LogP contribution in [0.5, 0.6) is 0 Å². The van der Waals surface area contributed by atoms with Gasteiger partial charge in [-0.25, -0.2) is 9.13 Å². The van der Waals surface area contributed by atoms with Gasteiger partial charge < -0.3 is 33.8 Å². The van der Waals surface area contributed by atoms with E-state index in [1.165, 1.54) is 270 Å². The van der Waals surface area contributed by atoms with Crippen LogP contribution in [0.3, 0.4) is 0 Å². The Labute approximate surface area is 626 Å². The third-order valence-electron chi connectivity index (χ3n) is 19.6. The summed E-state index contributed by atoms with van der Waals surface area (Å²) in [6, 6.07) is 0. The number of aliphatic hydroxyl groups excluding tert-OH is 1. The monoisotopic (exact) mass is 1490 g/mol. The molecule has 0 aromatic heterocycles. The third kappa shape index (κ3) is 76.3. The number of ether oxygens (including phenoxy) is 4. The standard InChI is InChI=1S/C83H162O17P2/c1-5-9-13-17-21-24-27-30-33-35-37-38-40-42-45-48-51-54-58-62-66-70-83(88)100-79(74-94-81(86)68-64-60-56-52-49-46-44-41-39-36-34-31-28-25-22-18-14-10-6-2)76-98-102(91,92)96-72-77(84)71-95-101(89,90)97-75-78(73-93-80(85)67-63-59-55-20-16-12-8-4)99-82(87)69-65-61-57-53-50-47-43-32-29-26-23-19-15-11-7-3/h77-79,84H,5-76H2,1-4H3,(H,89,90)(H,91,92)/t77-,78+,79+/m0/s1. The maximum atomic E-state index is 13.1. The number of phosphoric ester groups is 2. The van der Waals surface area contributed by atoms with Gasteiger partial charge in [-0.2, -0.15) is 0 Å². The summed E-state index contributed by atoms with van der Waals surface area (Å²) in [5, 5.41) is 10.6. The molecular weight excluding hydrogens is 1330 g/mol. The van der Waals surface area contributed by atoms with Crippen molar-refractivity contribution in [2.75, 3.05) is 39.6 Å². The second-order valence-electron chi connectivity index (χ2n) is 29.9.